The van der Waals surface area contributed by atoms with Gasteiger partial charge in [0.2, 0.25) is 5.95 Å². The highest BCUT2D eigenvalue weighted by atomic mass is 19.1. The highest BCUT2D eigenvalue weighted by molar-refractivity contribution is 5.76. The lowest BCUT2D eigenvalue weighted by molar-refractivity contribution is -0.160. The van der Waals surface area contributed by atoms with Crippen LogP contribution in [0.5, 0.6) is 0 Å². The molecule has 2 aromatic rings. The van der Waals surface area contributed by atoms with Crippen LogP contribution in [-0.2, 0) is 4.79 Å². The predicted octanol–water partition coefficient (Wildman–Crippen LogP) is 3.91. The van der Waals surface area contributed by atoms with Crippen molar-refractivity contribution in [3.63, 3.8) is 0 Å². The summed E-state index contributed by atoms with van der Waals surface area (Å²) in [7, 11) is 0. The fraction of sp³-hybridized carbons (Fsp3) is 0.417. The van der Waals surface area contributed by atoms with E-state index in [0.717, 1.165) is 24.8 Å². The van der Waals surface area contributed by atoms with Crippen molar-refractivity contribution in [3.05, 3.63) is 42.7 Å². The van der Waals surface area contributed by atoms with E-state index in [-0.39, 0.29) is 12.0 Å². The molecule has 168 valence electrons. The first kappa shape index (κ1) is 19.0. The van der Waals surface area contributed by atoms with Gasteiger partial charge in [0.1, 0.15) is 5.52 Å². The Hall–Kier alpha value is -3.49. The van der Waals surface area contributed by atoms with Crippen LogP contribution in [0.25, 0.3) is 28.2 Å². The Kier molecular flexibility index (Phi) is 3.89. The number of aromatic amines is 1. The maximum absolute atomic E-state index is 14.1. The fourth-order valence-electron chi connectivity index (χ4n) is 6.81. The van der Waals surface area contributed by atoms with Crippen molar-refractivity contribution in [3.8, 4) is 22.6 Å². The number of hydrogen-bond donors (Lipinski definition) is 3. The molecule has 4 heterocycles. The smallest absolute Gasteiger partial charge is 0.308 e. The second-order valence-corrected chi connectivity index (χ2v) is 9.73. The minimum absolute atomic E-state index is 0.157. The van der Waals surface area contributed by atoms with Crippen LogP contribution in [0.2, 0.25) is 0 Å². The number of nitrogens with zero attached hydrogens (tertiary/aromatic N) is 4. The van der Waals surface area contributed by atoms with Crippen molar-refractivity contribution in [2.45, 2.75) is 31.7 Å². The average molecular weight is 446 g/mol. The van der Waals surface area contributed by atoms with Gasteiger partial charge >= 0.3 is 5.97 Å². The van der Waals surface area contributed by atoms with E-state index in [1.54, 1.807) is 16.8 Å². The molecule has 0 aromatic carbocycles. The van der Waals surface area contributed by atoms with Gasteiger partial charge in [-0.3, -0.25) is 4.79 Å². The van der Waals surface area contributed by atoms with E-state index in [2.05, 4.69) is 20.4 Å². The van der Waals surface area contributed by atoms with E-state index in [1.165, 1.54) is 12.6 Å². The predicted molar refractivity (Wildman–Crippen MR) is 118 cm³/mol. The molecule has 0 spiro atoms. The van der Waals surface area contributed by atoms with Crippen LogP contribution < -0.4 is 5.32 Å². The summed E-state index contributed by atoms with van der Waals surface area (Å²) >= 11 is 0. The second kappa shape index (κ2) is 6.76. The van der Waals surface area contributed by atoms with Crippen LogP contribution in [0.4, 0.5) is 10.2 Å². The van der Waals surface area contributed by atoms with Gasteiger partial charge in [-0.1, -0.05) is 0 Å². The summed E-state index contributed by atoms with van der Waals surface area (Å²) in [4.78, 5) is 23.9. The number of carboxylic acid groups (broad SMARTS) is 1. The van der Waals surface area contributed by atoms with Crippen LogP contribution in [0, 0.1) is 35.5 Å². The van der Waals surface area contributed by atoms with Crippen LogP contribution in [0.1, 0.15) is 25.7 Å². The zero-order chi connectivity index (χ0) is 22.3. The van der Waals surface area contributed by atoms with Crippen LogP contribution >= 0.6 is 0 Å². The van der Waals surface area contributed by atoms with Gasteiger partial charge in [0.05, 0.1) is 23.4 Å². The SMILES string of the molecule is O=C(O)[C@H]1[C@H](Nc2nc(-c3c[nH]c4cnc(F)c-4c3)nn3cccc23)[C@@H]2CC[C@H]1C1CCC12. The van der Waals surface area contributed by atoms with Crippen molar-refractivity contribution in [2.24, 2.45) is 29.6 Å². The van der Waals surface area contributed by atoms with Gasteiger partial charge in [-0.05, 0) is 67.6 Å². The normalized spacial score (nSPS) is 30.3. The Bertz CT molecular complexity index is 1360. The van der Waals surface area contributed by atoms with Gasteiger partial charge < -0.3 is 15.4 Å². The van der Waals surface area contributed by atoms with Crippen molar-refractivity contribution >= 4 is 17.3 Å². The van der Waals surface area contributed by atoms with Gasteiger partial charge in [0, 0.05) is 24.0 Å². The Morgan fingerprint density at radius 1 is 1.18 bits per heavy atom. The molecule has 6 aliphatic rings. The molecule has 6 atom stereocenters. The van der Waals surface area contributed by atoms with Crippen LogP contribution in [-0.4, -0.2) is 41.7 Å². The van der Waals surface area contributed by atoms with Crippen molar-refractivity contribution in [1.82, 2.24) is 24.6 Å². The molecule has 8 nitrogen and oxygen atoms in total. The topological polar surface area (TPSA) is 108 Å². The number of carbonyl (C=O) groups is 1. The molecule has 8 rings (SSSR count). The Morgan fingerprint density at radius 3 is 2.79 bits per heavy atom. The van der Waals surface area contributed by atoms with E-state index in [4.69, 9.17) is 4.98 Å². The maximum atomic E-state index is 14.1. The molecule has 2 bridgehead atoms. The van der Waals surface area contributed by atoms with Gasteiger partial charge in [-0.25, -0.2) is 14.5 Å². The first-order valence-electron chi connectivity index (χ1n) is 11.6. The summed E-state index contributed by atoms with van der Waals surface area (Å²) in [5.74, 6) is 1.13. The number of rotatable bonds is 4. The van der Waals surface area contributed by atoms with Gasteiger partial charge in [0.15, 0.2) is 11.6 Å². The molecule has 0 radical (unpaired) electrons. The minimum Gasteiger partial charge on any atom is -0.481 e. The Balaban J connectivity index is 1.31. The molecular weight excluding hydrogens is 423 g/mol. The van der Waals surface area contributed by atoms with Gasteiger partial charge in [-0.15, -0.1) is 5.10 Å². The number of anilines is 1. The number of pyridine rings is 1. The fourth-order valence-corrected chi connectivity index (χ4v) is 6.81. The summed E-state index contributed by atoms with van der Waals surface area (Å²) < 4.78 is 15.8. The summed E-state index contributed by atoms with van der Waals surface area (Å²) in [5.41, 5.74) is 2.41. The number of carboxylic acids is 1. The highest BCUT2D eigenvalue weighted by Crippen LogP contribution is 2.60. The second-order valence-electron chi connectivity index (χ2n) is 9.73. The van der Waals surface area contributed by atoms with E-state index in [9.17, 15) is 14.3 Å². The monoisotopic (exact) mass is 446 g/mol. The van der Waals surface area contributed by atoms with Gasteiger partial charge in [0.25, 0.3) is 0 Å². The molecule has 2 unspecified atom stereocenters. The van der Waals surface area contributed by atoms with Crippen LogP contribution in [0.15, 0.2) is 36.8 Å². The number of halogens is 1. The number of H-pyrrole nitrogens is 1. The molecule has 4 saturated carbocycles. The van der Waals surface area contributed by atoms with Crippen molar-refractivity contribution in [2.75, 3.05) is 5.32 Å². The molecule has 2 aromatic heterocycles. The third-order valence-electron chi connectivity index (χ3n) is 8.37. The average Bonchev–Trinajstić information content (AvgIpc) is 3.40. The van der Waals surface area contributed by atoms with Crippen LogP contribution in [0.3, 0.4) is 0 Å². The number of aliphatic carboxylic acids is 1. The molecule has 0 saturated heterocycles. The maximum Gasteiger partial charge on any atom is 0.308 e. The molecular formula is C24H23FN6O2. The van der Waals surface area contributed by atoms with E-state index in [1.807, 2.05) is 18.3 Å². The zero-order valence-electron chi connectivity index (χ0n) is 17.8. The molecule has 9 heteroatoms. The zero-order valence-corrected chi connectivity index (χ0v) is 17.8. The number of fused-ring (bicyclic) bond motifs is 4. The standard InChI is InChI=1S/C24H23FN6O2/c25-21-16-8-11(9-26-17(16)10-27-21)22-29-23(18-2-1-7-31(18)30-22)28-20-15-6-5-14(19(20)24(32)33)12-3-4-13(12)15/h1-2,7-10,12-15,19-20,26H,3-6H2,(H,32,33)(H,28,29,30)/t12?,13?,14-,15+,19+,20+/m0/s1. The van der Waals surface area contributed by atoms with E-state index >= 15 is 0 Å². The van der Waals surface area contributed by atoms with Crippen molar-refractivity contribution in [1.29, 1.82) is 0 Å². The Labute approximate surface area is 188 Å². The molecule has 3 N–H and O–H groups in total. The largest absolute Gasteiger partial charge is 0.481 e. The number of hydrogen-bond acceptors (Lipinski definition) is 5. The molecule has 33 heavy (non-hydrogen) atoms. The van der Waals surface area contributed by atoms with Crippen molar-refractivity contribution < 1.29 is 14.3 Å². The molecule has 2 aliphatic heterocycles. The van der Waals surface area contributed by atoms with E-state index in [0.29, 0.717) is 46.2 Å². The number of nitrogens with one attached hydrogen (secondary N) is 2. The lowest BCUT2D eigenvalue weighted by atomic mass is 9.46. The molecule has 0 amide bonds. The minimum atomic E-state index is -0.715. The third-order valence-corrected chi connectivity index (χ3v) is 8.37. The molecule has 4 fully saturated rings. The quantitative estimate of drug-likeness (QED) is 0.439. The number of aromatic nitrogens is 5. The lowest BCUT2D eigenvalue weighted by Crippen LogP contribution is -2.61. The summed E-state index contributed by atoms with van der Waals surface area (Å²) in [6.45, 7) is 0. The highest BCUT2D eigenvalue weighted by Gasteiger charge is 2.59. The Morgan fingerprint density at radius 2 is 1.97 bits per heavy atom. The van der Waals surface area contributed by atoms with E-state index < -0.39 is 17.8 Å². The molecule has 4 aliphatic carbocycles. The summed E-state index contributed by atoms with van der Waals surface area (Å²) in [6, 6.07) is 5.34. The lowest BCUT2D eigenvalue weighted by Gasteiger charge is -2.60. The first-order chi connectivity index (χ1) is 16.1. The summed E-state index contributed by atoms with van der Waals surface area (Å²) in [5, 5.41) is 18.3. The summed E-state index contributed by atoms with van der Waals surface area (Å²) in [6.07, 6.45) is 9.45. The first-order valence-corrected chi connectivity index (χ1v) is 11.6. The van der Waals surface area contributed by atoms with Gasteiger partial charge in [-0.2, -0.15) is 4.39 Å². The third kappa shape index (κ3) is 2.68.